The maximum atomic E-state index is 11.8. The van der Waals surface area contributed by atoms with Crippen LogP contribution in [-0.4, -0.2) is 5.97 Å². The molecule has 0 aromatic heterocycles. The summed E-state index contributed by atoms with van der Waals surface area (Å²) in [6, 6.07) is 7.38. The second-order valence-corrected chi connectivity index (χ2v) is 4.43. The number of ether oxygens (including phenoxy) is 1. The van der Waals surface area contributed by atoms with Crippen molar-refractivity contribution < 1.29 is 9.53 Å². The zero-order valence-corrected chi connectivity index (χ0v) is 10.1. The molecule has 0 saturated carbocycles. The van der Waals surface area contributed by atoms with Gasteiger partial charge < -0.3 is 4.74 Å². The number of carbonyl (C=O) groups excluding carboxylic acids is 1. The van der Waals surface area contributed by atoms with Crippen LogP contribution in [0.15, 0.2) is 48.3 Å². The van der Waals surface area contributed by atoms with E-state index < -0.39 is 0 Å². The summed E-state index contributed by atoms with van der Waals surface area (Å²) in [4.78, 5) is 11.8. The third kappa shape index (κ3) is 3.06. The quantitative estimate of drug-likeness (QED) is 0.722. The molecule has 0 spiro atoms. The highest BCUT2D eigenvalue weighted by Gasteiger charge is 2.11. The molecule has 2 nitrogen and oxygen atoms in total. The van der Waals surface area contributed by atoms with Gasteiger partial charge in [-0.15, -0.1) is 0 Å². The van der Waals surface area contributed by atoms with Crippen molar-refractivity contribution in [2.45, 2.75) is 20.3 Å². The summed E-state index contributed by atoms with van der Waals surface area (Å²) < 4.78 is 5.30. The fourth-order valence-electron chi connectivity index (χ4n) is 1.64. The van der Waals surface area contributed by atoms with Gasteiger partial charge in [-0.25, -0.2) is 4.79 Å². The predicted molar refractivity (Wildman–Crippen MR) is 67.6 cm³/mol. The van der Waals surface area contributed by atoms with Crippen LogP contribution < -0.4 is 0 Å². The number of carbonyl (C=O) groups is 1. The fraction of sp³-hybridized carbons (Fsp3) is 0.267. The Hall–Kier alpha value is -1.83. The van der Waals surface area contributed by atoms with Crippen LogP contribution in [0.5, 0.6) is 0 Å². The van der Waals surface area contributed by atoms with E-state index in [1.165, 1.54) is 0 Å². The average molecular weight is 228 g/mol. The maximum absolute atomic E-state index is 11.8. The van der Waals surface area contributed by atoms with Crippen molar-refractivity contribution in [3.63, 3.8) is 0 Å². The van der Waals surface area contributed by atoms with Crippen LogP contribution in [0.4, 0.5) is 0 Å². The molecule has 0 bridgehead atoms. The molecule has 17 heavy (non-hydrogen) atoms. The van der Waals surface area contributed by atoms with E-state index in [1.54, 1.807) is 12.1 Å². The highest BCUT2D eigenvalue weighted by atomic mass is 16.5. The van der Waals surface area contributed by atoms with Gasteiger partial charge in [-0.3, -0.25) is 0 Å². The molecule has 0 amide bonds. The van der Waals surface area contributed by atoms with Crippen molar-refractivity contribution in [2.75, 3.05) is 0 Å². The van der Waals surface area contributed by atoms with Gasteiger partial charge in [-0.2, -0.15) is 0 Å². The summed E-state index contributed by atoms with van der Waals surface area (Å²) in [5.41, 5.74) is 1.72. The third-order valence-electron chi connectivity index (χ3n) is 2.78. The van der Waals surface area contributed by atoms with Crippen LogP contribution >= 0.6 is 0 Å². The fourth-order valence-corrected chi connectivity index (χ4v) is 1.64. The minimum atomic E-state index is -0.296. The lowest BCUT2D eigenvalue weighted by molar-refractivity contribution is 0.0634. The van der Waals surface area contributed by atoms with Gasteiger partial charge >= 0.3 is 5.97 Å². The van der Waals surface area contributed by atoms with E-state index in [9.17, 15) is 4.79 Å². The molecule has 1 aromatic rings. The summed E-state index contributed by atoms with van der Waals surface area (Å²) in [5.74, 6) is 0.876. The lowest BCUT2D eigenvalue weighted by Gasteiger charge is -2.11. The minimum Gasteiger partial charge on any atom is -0.423 e. The van der Waals surface area contributed by atoms with Gasteiger partial charge in [0, 0.05) is 0 Å². The molecule has 0 saturated heterocycles. The number of aryl methyl sites for hydroxylation is 1. The predicted octanol–water partition coefficient (Wildman–Crippen LogP) is 3.63. The Morgan fingerprint density at radius 3 is 2.59 bits per heavy atom. The Kier molecular flexibility index (Phi) is 3.43. The van der Waals surface area contributed by atoms with Crippen molar-refractivity contribution in [3.05, 3.63) is 59.4 Å². The molecule has 0 aliphatic heterocycles. The molecular formula is C15H16O2. The molecule has 0 fully saturated rings. The third-order valence-corrected chi connectivity index (χ3v) is 2.78. The molecule has 2 rings (SSSR count). The lowest BCUT2D eigenvalue weighted by Crippen LogP contribution is -2.06. The van der Waals surface area contributed by atoms with Crippen molar-refractivity contribution in [1.29, 1.82) is 0 Å². The van der Waals surface area contributed by atoms with Gasteiger partial charge in [0.05, 0.1) is 5.56 Å². The first-order chi connectivity index (χ1) is 8.15. The Morgan fingerprint density at radius 1 is 1.29 bits per heavy atom. The normalized spacial score (nSPS) is 18.7. The number of allylic oxidation sites excluding steroid dienone is 3. The van der Waals surface area contributed by atoms with Crippen molar-refractivity contribution in [3.8, 4) is 0 Å². The topological polar surface area (TPSA) is 26.3 Å². The summed E-state index contributed by atoms with van der Waals surface area (Å²) >= 11 is 0. The number of hydrogen-bond acceptors (Lipinski definition) is 2. The Bertz CT molecular complexity index is 466. The van der Waals surface area contributed by atoms with Crippen molar-refractivity contribution >= 4 is 5.97 Å². The first-order valence-electron chi connectivity index (χ1n) is 5.82. The van der Waals surface area contributed by atoms with E-state index in [1.807, 2.05) is 31.2 Å². The standard InChI is InChI=1S/C15H16O2/c1-11-3-7-13(8-4-11)15(16)17-14-9-5-12(2)6-10-14/h3-5,7-10,12H,6H2,1-2H3. The summed E-state index contributed by atoms with van der Waals surface area (Å²) in [5, 5.41) is 0. The Balaban J connectivity index is 2.03. The first-order valence-corrected chi connectivity index (χ1v) is 5.82. The number of benzene rings is 1. The van der Waals surface area contributed by atoms with Gasteiger partial charge in [0.2, 0.25) is 0 Å². The van der Waals surface area contributed by atoms with Crippen LogP contribution in [0.1, 0.15) is 29.3 Å². The smallest absolute Gasteiger partial charge is 0.343 e. The highest BCUT2D eigenvalue weighted by Crippen LogP contribution is 2.17. The van der Waals surface area contributed by atoms with Gasteiger partial charge in [0.15, 0.2) is 0 Å². The molecule has 0 N–H and O–H groups in total. The van der Waals surface area contributed by atoms with Gasteiger partial charge in [0.25, 0.3) is 0 Å². The Morgan fingerprint density at radius 2 is 2.00 bits per heavy atom. The van der Waals surface area contributed by atoms with Crippen LogP contribution in [0.2, 0.25) is 0 Å². The van der Waals surface area contributed by atoms with E-state index in [2.05, 4.69) is 13.0 Å². The van der Waals surface area contributed by atoms with Crippen LogP contribution in [0, 0.1) is 12.8 Å². The monoisotopic (exact) mass is 228 g/mol. The molecule has 1 atom stereocenters. The summed E-state index contributed by atoms with van der Waals surface area (Å²) in [7, 11) is 0. The average Bonchev–Trinajstić information content (AvgIpc) is 2.33. The largest absolute Gasteiger partial charge is 0.423 e. The molecular weight excluding hydrogens is 212 g/mol. The van der Waals surface area contributed by atoms with Gasteiger partial charge in [0.1, 0.15) is 5.76 Å². The zero-order valence-electron chi connectivity index (χ0n) is 10.1. The second kappa shape index (κ2) is 5.00. The van der Waals surface area contributed by atoms with Crippen LogP contribution in [-0.2, 0) is 4.74 Å². The zero-order chi connectivity index (χ0) is 12.3. The van der Waals surface area contributed by atoms with Crippen LogP contribution in [0.25, 0.3) is 0 Å². The van der Waals surface area contributed by atoms with E-state index >= 15 is 0 Å². The molecule has 1 unspecified atom stereocenters. The number of rotatable bonds is 2. The van der Waals surface area contributed by atoms with Gasteiger partial charge in [-0.1, -0.05) is 30.7 Å². The summed E-state index contributed by atoms with van der Waals surface area (Å²) in [6.45, 7) is 4.12. The first kappa shape index (κ1) is 11.6. The lowest BCUT2D eigenvalue weighted by atomic mass is 10.0. The Labute approximate surface area is 102 Å². The summed E-state index contributed by atoms with van der Waals surface area (Å²) in [6.07, 6.45) is 6.79. The van der Waals surface area contributed by atoms with E-state index in [-0.39, 0.29) is 5.97 Å². The van der Waals surface area contributed by atoms with E-state index in [0.29, 0.717) is 17.2 Å². The van der Waals surface area contributed by atoms with Gasteiger partial charge in [-0.05, 0) is 43.5 Å². The van der Waals surface area contributed by atoms with E-state index in [4.69, 9.17) is 4.74 Å². The molecule has 88 valence electrons. The number of esters is 1. The van der Waals surface area contributed by atoms with Crippen molar-refractivity contribution in [2.24, 2.45) is 5.92 Å². The molecule has 0 heterocycles. The maximum Gasteiger partial charge on any atom is 0.343 e. The molecule has 1 aliphatic carbocycles. The number of hydrogen-bond donors (Lipinski definition) is 0. The van der Waals surface area contributed by atoms with E-state index in [0.717, 1.165) is 12.0 Å². The highest BCUT2D eigenvalue weighted by molar-refractivity contribution is 5.90. The minimum absolute atomic E-state index is 0.296. The molecule has 0 radical (unpaired) electrons. The molecule has 1 aromatic carbocycles. The molecule has 1 aliphatic rings. The SMILES string of the molecule is Cc1ccc(C(=O)OC2=CCC(C)C=C2)cc1. The van der Waals surface area contributed by atoms with Crippen molar-refractivity contribution in [1.82, 2.24) is 0 Å². The molecule has 2 heteroatoms. The van der Waals surface area contributed by atoms with Crippen LogP contribution in [0.3, 0.4) is 0 Å². The second-order valence-electron chi connectivity index (χ2n) is 4.43.